The van der Waals surface area contributed by atoms with Crippen molar-refractivity contribution in [3.8, 4) is 11.4 Å². The standard InChI is InChI=1S/C27H18Cl6N4O6/c1-3-42-26(40)20-14(24(38)36(34-20)22-16(30)8-12(28)9-17(22)31)6-5-7-15-21(27(41)43-4-2)35-37(25(15)39)23-18(32)10-13(29)11-19(23)33/h6-11,34-35H,3-4H2,1-2H3. The number of ether oxygens (including phenoxy) is 2. The second-order valence-electron chi connectivity index (χ2n) is 8.41. The summed E-state index contributed by atoms with van der Waals surface area (Å²) in [5, 5.41) is 5.83. The van der Waals surface area contributed by atoms with Crippen molar-refractivity contribution in [3.05, 3.63) is 103 Å². The number of nitrogens with zero attached hydrogens (tertiary/aromatic N) is 2. The number of hydrogen-bond acceptors (Lipinski definition) is 6. The summed E-state index contributed by atoms with van der Waals surface area (Å²) in [5.74, 6) is -1.73. The van der Waals surface area contributed by atoms with Crippen LogP contribution in [-0.4, -0.2) is 44.7 Å². The first-order valence-electron chi connectivity index (χ1n) is 12.2. The maximum absolute atomic E-state index is 13.5. The number of esters is 2. The lowest BCUT2D eigenvalue weighted by molar-refractivity contribution is 0.0509. The molecule has 16 heteroatoms. The third-order valence-electron chi connectivity index (χ3n) is 5.68. The van der Waals surface area contributed by atoms with E-state index in [1.165, 1.54) is 24.3 Å². The number of H-pyrrole nitrogens is 2. The summed E-state index contributed by atoms with van der Waals surface area (Å²) < 4.78 is 12.0. The molecular weight excluding hydrogens is 689 g/mol. The van der Waals surface area contributed by atoms with E-state index in [0.717, 1.165) is 21.5 Å². The summed E-state index contributed by atoms with van der Waals surface area (Å²) in [4.78, 5) is 52.4. The molecule has 2 N–H and O–H groups in total. The van der Waals surface area contributed by atoms with Crippen LogP contribution in [0.25, 0.3) is 23.5 Å². The van der Waals surface area contributed by atoms with Crippen molar-refractivity contribution in [3.63, 3.8) is 0 Å². The van der Waals surface area contributed by atoms with Crippen LogP contribution in [0.5, 0.6) is 0 Å². The molecule has 0 radical (unpaired) electrons. The third-order valence-corrected chi connectivity index (χ3v) is 7.27. The number of halogens is 6. The fraction of sp³-hybridized carbons (Fsp3) is 0.148. The quantitative estimate of drug-likeness (QED) is 0.147. The van der Waals surface area contributed by atoms with Gasteiger partial charge in [0.1, 0.15) is 11.4 Å². The van der Waals surface area contributed by atoms with Crippen molar-refractivity contribution < 1.29 is 19.1 Å². The van der Waals surface area contributed by atoms with Crippen LogP contribution in [-0.2, 0) is 9.47 Å². The van der Waals surface area contributed by atoms with E-state index in [9.17, 15) is 19.2 Å². The van der Waals surface area contributed by atoms with E-state index in [2.05, 4.69) is 15.9 Å². The van der Waals surface area contributed by atoms with Gasteiger partial charge in [0.05, 0.1) is 44.4 Å². The largest absolute Gasteiger partial charge is 0.461 e. The fourth-order valence-electron chi connectivity index (χ4n) is 3.91. The second kappa shape index (κ2) is 13.5. The Morgan fingerprint density at radius 2 is 1.02 bits per heavy atom. The summed E-state index contributed by atoms with van der Waals surface area (Å²) in [7, 11) is 0. The molecule has 2 aromatic carbocycles. The van der Waals surface area contributed by atoms with Crippen LogP contribution in [0.2, 0.25) is 30.1 Å². The molecule has 0 bridgehead atoms. The lowest BCUT2D eigenvalue weighted by Gasteiger charge is -2.07. The predicted octanol–water partition coefficient (Wildman–Crippen LogP) is 7.24. The predicted molar refractivity (Wildman–Crippen MR) is 167 cm³/mol. The first-order chi connectivity index (χ1) is 20.4. The molecule has 0 atom stereocenters. The molecule has 0 fully saturated rings. The van der Waals surface area contributed by atoms with Gasteiger partial charge in [-0.3, -0.25) is 19.8 Å². The highest BCUT2D eigenvalue weighted by Crippen LogP contribution is 2.32. The number of carbonyl (C=O) groups excluding carboxylic acids is 2. The van der Waals surface area contributed by atoms with Crippen LogP contribution >= 0.6 is 69.6 Å². The molecule has 4 aromatic rings. The van der Waals surface area contributed by atoms with Gasteiger partial charge in [0.25, 0.3) is 11.1 Å². The molecule has 10 nitrogen and oxygen atoms in total. The molecule has 0 aliphatic heterocycles. The van der Waals surface area contributed by atoms with Crippen molar-refractivity contribution in [1.82, 2.24) is 19.6 Å². The van der Waals surface area contributed by atoms with Crippen LogP contribution < -0.4 is 11.1 Å². The number of aromatic amines is 2. The van der Waals surface area contributed by atoms with Gasteiger partial charge in [0.15, 0.2) is 11.4 Å². The normalized spacial score (nSPS) is 10.8. The molecule has 4 rings (SSSR count). The van der Waals surface area contributed by atoms with Gasteiger partial charge < -0.3 is 9.47 Å². The van der Waals surface area contributed by atoms with Crippen LogP contribution in [0, 0.1) is 0 Å². The molecule has 0 unspecified atom stereocenters. The van der Waals surface area contributed by atoms with E-state index in [1.54, 1.807) is 13.8 Å². The molecular formula is C27H18Cl6N4O6. The molecule has 224 valence electrons. The number of nitrogens with one attached hydrogen (secondary N) is 2. The zero-order valence-corrected chi connectivity index (χ0v) is 26.5. The highest BCUT2D eigenvalue weighted by molar-refractivity contribution is 6.41. The van der Waals surface area contributed by atoms with E-state index in [0.29, 0.717) is 0 Å². The lowest BCUT2D eigenvalue weighted by atomic mass is 10.2. The molecule has 0 spiro atoms. The second-order valence-corrected chi connectivity index (χ2v) is 10.9. The van der Waals surface area contributed by atoms with E-state index in [1.807, 2.05) is 0 Å². The van der Waals surface area contributed by atoms with E-state index in [-0.39, 0.29) is 77.2 Å². The average molecular weight is 707 g/mol. The van der Waals surface area contributed by atoms with Gasteiger partial charge in [0.2, 0.25) is 0 Å². The van der Waals surface area contributed by atoms with Crippen molar-refractivity contribution in [2.75, 3.05) is 13.2 Å². The fourth-order valence-corrected chi connectivity index (χ4v) is 5.88. The van der Waals surface area contributed by atoms with Crippen molar-refractivity contribution in [1.29, 1.82) is 0 Å². The van der Waals surface area contributed by atoms with Crippen LogP contribution in [0.1, 0.15) is 46.0 Å². The Morgan fingerprint density at radius 3 is 1.33 bits per heavy atom. The number of carbonyl (C=O) groups is 2. The maximum Gasteiger partial charge on any atom is 0.357 e. The Labute approximate surface area is 272 Å². The maximum atomic E-state index is 13.5. The molecule has 0 aliphatic carbocycles. The van der Waals surface area contributed by atoms with Crippen molar-refractivity contribution in [2.45, 2.75) is 13.8 Å². The third kappa shape index (κ3) is 6.61. The van der Waals surface area contributed by atoms with Gasteiger partial charge in [-0.2, -0.15) is 0 Å². The van der Waals surface area contributed by atoms with Crippen LogP contribution in [0.4, 0.5) is 0 Å². The number of benzene rings is 2. The van der Waals surface area contributed by atoms with Gasteiger partial charge in [-0.1, -0.05) is 69.6 Å². The first-order valence-corrected chi connectivity index (χ1v) is 14.4. The molecule has 0 amide bonds. The zero-order valence-electron chi connectivity index (χ0n) is 22.0. The Balaban J connectivity index is 1.92. The Bertz CT molecular complexity index is 1770. The summed E-state index contributed by atoms with van der Waals surface area (Å²) in [5.41, 5.74) is 0.275. The topological polar surface area (TPSA) is 128 Å². The molecule has 0 saturated heterocycles. The number of hydrogen-bond donors (Lipinski definition) is 2. The van der Waals surface area contributed by atoms with Gasteiger partial charge in [0, 0.05) is 10.0 Å². The summed E-state index contributed by atoms with van der Waals surface area (Å²) in [6, 6.07) is 5.46. The van der Waals surface area contributed by atoms with Crippen LogP contribution in [0.3, 0.4) is 0 Å². The zero-order chi connectivity index (χ0) is 31.6. The molecule has 0 aliphatic rings. The van der Waals surface area contributed by atoms with E-state index in [4.69, 9.17) is 79.1 Å². The van der Waals surface area contributed by atoms with Crippen molar-refractivity contribution in [2.24, 2.45) is 0 Å². The minimum atomic E-state index is -0.865. The van der Waals surface area contributed by atoms with Gasteiger partial charge in [-0.15, -0.1) is 5.73 Å². The minimum absolute atomic E-state index is 0.00903. The molecule has 0 saturated carbocycles. The average Bonchev–Trinajstić information content (AvgIpc) is 3.40. The SMILES string of the molecule is CCOC(=O)c1[nH]n(-c2c(Cl)cc(Cl)cc2Cl)c(=O)c1C=C=Cc1c(C(=O)OCC)[nH]n(-c2c(Cl)cc(Cl)cc2Cl)c1=O. The first kappa shape index (κ1) is 32.6. The minimum Gasteiger partial charge on any atom is -0.461 e. The Hall–Kier alpha value is -3.34. The Kier molecular flexibility index (Phi) is 10.2. The molecule has 43 heavy (non-hydrogen) atoms. The monoisotopic (exact) mass is 704 g/mol. The summed E-state index contributed by atoms with van der Waals surface area (Å²) in [6.45, 7) is 3.19. The number of aromatic nitrogens is 4. The van der Waals surface area contributed by atoms with Gasteiger partial charge in [-0.05, 0) is 50.3 Å². The van der Waals surface area contributed by atoms with Gasteiger partial charge >= 0.3 is 11.9 Å². The number of rotatable bonds is 8. The molecule has 2 aromatic heterocycles. The molecule has 2 heterocycles. The van der Waals surface area contributed by atoms with E-state index >= 15 is 0 Å². The van der Waals surface area contributed by atoms with Gasteiger partial charge in [-0.25, -0.2) is 19.0 Å². The Morgan fingerprint density at radius 1 is 0.698 bits per heavy atom. The van der Waals surface area contributed by atoms with Crippen molar-refractivity contribution >= 4 is 93.7 Å². The highest BCUT2D eigenvalue weighted by Gasteiger charge is 2.25. The highest BCUT2D eigenvalue weighted by atomic mass is 35.5. The lowest BCUT2D eigenvalue weighted by Crippen LogP contribution is -2.17. The summed E-state index contributed by atoms with van der Waals surface area (Å²) >= 11 is 37.2. The smallest absolute Gasteiger partial charge is 0.357 e. The summed E-state index contributed by atoms with van der Waals surface area (Å²) in [6.07, 6.45) is 2.24. The van der Waals surface area contributed by atoms with E-state index < -0.39 is 23.1 Å². The van der Waals surface area contributed by atoms with Crippen LogP contribution in [0.15, 0.2) is 39.6 Å².